The molecule has 29 heavy (non-hydrogen) atoms. The lowest BCUT2D eigenvalue weighted by Gasteiger charge is -2.26. The van der Waals surface area contributed by atoms with Gasteiger partial charge in [0.1, 0.15) is 5.76 Å². The van der Waals surface area contributed by atoms with Crippen LogP contribution in [0.3, 0.4) is 0 Å². The summed E-state index contributed by atoms with van der Waals surface area (Å²) in [6, 6.07) is 7.78. The van der Waals surface area contributed by atoms with Gasteiger partial charge >= 0.3 is 5.97 Å². The third kappa shape index (κ3) is 5.04. The van der Waals surface area contributed by atoms with Gasteiger partial charge in [0.2, 0.25) is 15.8 Å². The van der Waals surface area contributed by atoms with Gasteiger partial charge in [0.15, 0.2) is 6.61 Å². The highest BCUT2D eigenvalue weighted by Crippen LogP contribution is 2.26. The molecule has 1 aromatic heterocycles. The highest BCUT2D eigenvalue weighted by Gasteiger charge is 2.27. The molecule has 8 nitrogen and oxygen atoms in total. The van der Waals surface area contributed by atoms with E-state index in [9.17, 15) is 18.0 Å². The number of aryl methyl sites for hydroxylation is 2. The summed E-state index contributed by atoms with van der Waals surface area (Å²) in [5.74, 6) is -0.749. The van der Waals surface area contributed by atoms with Gasteiger partial charge in [0, 0.05) is 18.8 Å². The molecule has 1 saturated heterocycles. The Hall–Kier alpha value is -2.65. The summed E-state index contributed by atoms with van der Waals surface area (Å²) in [5.41, 5.74) is 0.925. The maximum atomic E-state index is 13.0. The Kier molecular flexibility index (Phi) is 6.39. The maximum Gasteiger partial charge on any atom is 0.374 e. The van der Waals surface area contributed by atoms with E-state index in [0.29, 0.717) is 30.1 Å². The smallest absolute Gasteiger partial charge is 0.374 e. The predicted octanol–water partition coefficient (Wildman–Crippen LogP) is 2.87. The number of anilines is 1. The van der Waals surface area contributed by atoms with E-state index in [4.69, 9.17) is 9.15 Å². The number of carbonyl (C=O) groups excluding carboxylic acids is 2. The summed E-state index contributed by atoms with van der Waals surface area (Å²) in [6.07, 6.45) is 2.71. The van der Waals surface area contributed by atoms with Gasteiger partial charge in [-0.2, -0.15) is 4.31 Å². The summed E-state index contributed by atoms with van der Waals surface area (Å²) >= 11 is 0. The van der Waals surface area contributed by atoms with Crippen molar-refractivity contribution < 1.29 is 27.2 Å². The lowest BCUT2D eigenvalue weighted by molar-refractivity contribution is -0.119. The zero-order valence-electron chi connectivity index (χ0n) is 16.4. The van der Waals surface area contributed by atoms with E-state index in [2.05, 4.69) is 5.32 Å². The van der Waals surface area contributed by atoms with Gasteiger partial charge in [0.05, 0.1) is 4.90 Å². The van der Waals surface area contributed by atoms with Crippen molar-refractivity contribution in [3.05, 3.63) is 47.4 Å². The van der Waals surface area contributed by atoms with Crippen LogP contribution in [0.1, 0.15) is 41.1 Å². The molecule has 156 valence electrons. The fraction of sp³-hybridized carbons (Fsp3) is 0.400. The van der Waals surface area contributed by atoms with E-state index in [0.717, 1.165) is 19.3 Å². The minimum Gasteiger partial charge on any atom is -0.454 e. The van der Waals surface area contributed by atoms with E-state index in [-0.39, 0.29) is 10.7 Å². The SMILES string of the molecule is Cc1ccc(C(=O)OCC(=O)Nc2ccc(C)c(S(=O)(=O)N3CCCCC3)c2)o1. The summed E-state index contributed by atoms with van der Waals surface area (Å²) in [6.45, 7) is 3.90. The molecule has 1 aliphatic heterocycles. The van der Waals surface area contributed by atoms with Gasteiger partial charge in [-0.25, -0.2) is 13.2 Å². The molecule has 2 heterocycles. The van der Waals surface area contributed by atoms with Crippen LogP contribution in [0.2, 0.25) is 0 Å². The second-order valence-corrected chi connectivity index (χ2v) is 8.89. The van der Waals surface area contributed by atoms with E-state index in [1.165, 1.54) is 16.4 Å². The standard InChI is InChI=1S/C20H24N2O6S/c1-14-6-8-16(12-18(14)29(25,26)22-10-4-3-5-11-22)21-19(23)13-27-20(24)17-9-7-15(2)28-17/h6-9,12H,3-5,10-11,13H2,1-2H3,(H,21,23). The molecule has 1 aliphatic rings. The van der Waals surface area contributed by atoms with Crippen molar-refractivity contribution in [3.8, 4) is 0 Å². The summed E-state index contributed by atoms with van der Waals surface area (Å²) in [4.78, 5) is 24.1. The van der Waals surface area contributed by atoms with Crippen LogP contribution < -0.4 is 5.32 Å². The first-order chi connectivity index (χ1) is 13.8. The van der Waals surface area contributed by atoms with Gasteiger partial charge in [-0.05, 0) is 56.5 Å². The number of hydrogen-bond acceptors (Lipinski definition) is 6. The van der Waals surface area contributed by atoms with Crippen LogP contribution in [0.25, 0.3) is 0 Å². The Balaban J connectivity index is 1.66. The number of nitrogens with zero attached hydrogens (tertiary/aromatic N) is 1. The monoisotopic (exact) mass is 420 g/mol. The summed E-state index contributed by atoms with van der Waals surface area (Å²) in [5, 5.41) is 2.57. The van der Waals surface area contributed by atoms with E-state index >= 15 is 0 Å². The number of ether oxygens (including phenoxy) is 1. The molecule has 0 spiro atoms. The number of esters is 1. The normalized spacial score (nSPS) is 15.1. The second-order valence-electron chi connectivity index (χ2n) is 6.98. The Morgan fingerprint density at radius 2 is 1.83 bits per heavy atom. The molecular formula is C20H24N2O6S. The Labute approximate surface area is 169 Å². The first-order valence-electron chi connectivity index (χ1n) is 9.41. The molecule has 0 atom stereocenters. The minimum absolute atomic E-state index is 0.0144. The van der Waals surface area contributed by atoms with Gasteiger partial charge in [0.25, 0.3) is 5.91 Å². The van der Waals surface area contributed by atoms with Crippen LogP contribution in [0, 0.1) is 13.8 Å². The van der Waals surface area contributed by atoms with Crippen LogP contribution in [0.5, 0.6) is 0 Å². The molecule has 0 bridgehead atoms. The number of hydrogen-bond donors (Lipinski definition) is 1. The van der Waals surface area contributed by atoms with Crippen molar-refractivity contribution in [2.45, 2.75) is 38.0 Å². The third-order valence-corrected chi connectivity index (χ3v) is 6.72. The van der Waals surface area contributed by atoms with E-state index in [1.54, 1.807) is 32.0 Å². The minimum atomic E-state index is -3.63. The third-order valence-electron chi connectivity index (χ3n) is 4.68. The molecule has 1 N–H and O–H groups in total. The highest BCUT2D eigenvalue weighted by molar-refractivity contribution is 7.89. The quantitative estimate of drug-likeness (QED) is 0.721. The summed E-state index contributed by atoms with van der Waals surface area (Å²) < 4.78 is 37.5. The molecule has 2 aromatic rings. The zero-order chi connectivity index (χ0) is 21.0. The van der Waals surface area contributed by atoms with Crippen molar-refractivity contribution in [2.75, 3.05) is 25.0 Å². The zero-order valence-corrected chi connectivity index (χ0v) is 17.3. The number of sulfonamides is 1. The average Bonchev–Trinajstić information content (AvgIpc) is 3.14. The molecule has 3 rings (SSSR count). The van der Waals surface area contributed by atoms with Crippen molar-refractivity contribution in [2.24, 2.45) is 0 Å². The lowest BCUT2D eigenvalue weighted by Crippen LogP contribution is -2.36. The molecular weight excluding hydrogens is 396 g/mol. The van der Waals surface area contributed by atoms with Crippen LogP contribution in [-0.2, 0) is 19.6 Å². The van der Waals surface area contributed by atoms with Gasteiger partial charge in [-0.3, -0.25) is 4.79 Å². The Morgan fingerprint density at radius 1 is 1.10 bits per heavy atom. The highest BCUT2D eigenvalue weighted by atomic mass is 32.2. The van der Waals surface area contributed by atoms with Crippen molar-refractivity contribution in [3.63, 3.8) is 0 Å². The number of carbonyl (C=O) groups is 2. The molecule has 0 unspecified atom stereocenters. The molecule has 1 amide bonds. The average molecular weight is 420 g/mol. The molecule has 0 saturated carbocycles. The fourth-order valence-electron chi connectivity index (χ4n) is 3.14. The van der Waals surface area contributed by atoms with Crippen LogP contribution >= 0.6 is 0 Å². The first-order valence-corrected chi connectivity index (χ1v) is 10.9. The largest absolute Gasteiger partial charge is 0.454 e. The van der Waals surface area contributed by atoms with Gasteiger partial charge < -0.3 is 14.5 Å². The number of nitrogens with one attached hydrogen (secondary N) is 1. The van der Waals surface area contributed by atoms with Crippen molar-refractivity contribution in [1.29, 1.82) is 0 Å². The number of rotatable bonds is 6. The Bertz CT molecular complexity index is 1010. The predicted molar refractivity (Wildman–Crippen MR) is 106 cm³/mol. The fourth-order valence-corrected chi connectivity index (χ4v) is 4.91. The first kappa shape index (κ1) is 21.1. The topological polar surface area (TPSA) is 106 Å². The molecule has 0 aliphatic carbocycles. The number of furan rings is 1. The van der Waals surface area contributed by atoms with E-state index in [1.807, 2.05) is 0 Å². The summed E-state index contributed by atoms with van der Waals surface area (Å²) in [7, 11) is -3.63. The molecule has 0 radical (unpaired) electrons. The molecule has 9 heteroatoms. The molecule has 1 aromatic carbocycles. The Morgan fingerprint density at radius 3 is 2.48 bits per heavy atom. The van der Waals surface area contributed by atoms with E-state index < -0.39 is 28.5 Å². The lowest BCUT2D eigenvalue weighted by atomic mass is 10.2. The number of piperidine rings is 1. The number of amides is 1. The van der Waals surface area contributed by atoms with Gasteiger partial charge in [-0.15, -0.1) is 0 Å². The number of benzene rings is 1. The van der Waals surface area contributed by atoms with Crippen molar-refractivity contribution in [1.82, 2.24) is 4.31 Å². The van der Waals surface area contributed by atoms with Gasteiger partial charge in [-0.1, -0.05) is 12.5 Å². The maximum absolute atomic E-state index is 13.0. The van der Waals surface area contributed by atoms with Crippen molar-refractivity contribution >= 4 is 27.6 Å². The van der Waals surface area contributed by atoms with Crippen LogP contribution in [-0.4, -0.2) is 44.3 Å². The second kappa shape index (κ2) is 8.79. The van der Waals surface area contributed by atoms with Crippen LogP contribution in [0.15, 0.2) is 39.6 Å². The molecule has 1 fully saturated rings. The van der Waals surface area contributed by atoms with Crippen LogP contribution in [0.4, 0.5) is 5.69 Å².